The maximum Gasteiger partial charge on any atom is 0.259 e. The van der Waals surface area contributed by atoms with Crippen LogP contribution in [-0.4, -0.2) is 30.3 Å². The molecule has 1 unspecified atom stereocenters. The van der Waals surface area contributed by atoms with Gasteiger partial charge in [-0.1, -0.05) is 24.3 Å². The molecule has 1 aliphatic heterocycles. The molecule has 0 saturated carbocycles. The van der Waals surface area contributed by atoms with E-state index in [1.54, 1.807) is 36.4 Å². The highest BCUT2D eigenvalue weighted by atomic mass is 16.5. The van der Waals surface area contributed by atoms with Crippen molar-refractivity contribution in [3.8, 4) is 11.5 Å². The molecule has 0 aliphatic carbocycles. The van der Waals surface area contributed by atoms with Crippen LogP contribution in [0, 0.1) is 0 Å². The Labute approximate surface area is 134 Å². The van der Waals surface area contributed by atoms with Gasteiger partial charge in [0.05, 0.1) is 17.4 Å². The number of carbonyl (C=O) groups excluding carboxylic acids is 1. The van der Waals surface area contributed by atoms with E-state index in [1.165, 1.54) is 6.07 Å². The molecular formula is C18H19NO4. The lowest BCUT2D eigenvalue weighted by atomic mass is 10.1. The molecule has 3 rings (SSSR count). The number of aromatic hydroxyl groups is 1. The summed E-state index contributed by atoms with van der Waals surface area (Å²) in [5.41, 5.74) is 0.792. The molecular weight excluding hydrogens is 294 g/mol. The van der Waals surface area contributed by atoms with Crippen LogP contribution >= 0.6 is 0 Å². The van der Waals surface area contributed by atoms with Crippen molar-refractivity contribution in [1.29, 1.82) is 0 Å². The van der Waals surface area contributed by atoms with E-state index in [0.29, 0.717) is 23.6 Å². The smallest absolute Gasteiger partial charge is 0.259 e. The molecule has 0 radical (unpaired) electrons. The number of anilines is 1. The van der Waals surface area contributed by atoms with Crippen LogP contribution in [0.25, 0.3) is 0 Å². The molecule has 1 heterocycles. The number of hydrogen-bond acceptors (Lipinski definition) is 4. The maximum absolute atomic E-state index is 12.4. The van der Waals surface area contributed by atoms with E-state index in [0.717, 1.165) is 19.4 Å². The molecule has 23 heavy (non-hydrogen) atoms. The average molecular weight is 313 g/mol. The third kappa shape index (κ3) is 3.81. The molecule has 0 bridgehead atoms. The summed E-state index contributed by atoms with van der Waals surface area (Å²) in [6, 6.07) is 13.7. The number of nitrogens with one attached hydrogen (secondary N) is 1. The maximum atomic E-state index is 12.4. The molecule has 1 aliphatic rings. The van der Waals surface area contributed by atoms with Gasteiger partial charge in [0.2, 0.25) is 0 Å². The summed E-state index contributed by atoms with van der Waals surface area (Å²) in [6.45, 7) is 1.20. The van der Waals surface area contributed by atoms with E-state index in [1.807, 2.05) is 6.07 Å². The van der Waals surface area contributed by atoms with Gasteiger partial charge in [0.25, 0.3) is 5.91 Å². The molecule has 2 aromatic rings. The molecule has 5 heteroatoms. The van der Waals surface area contributed by atoms with Gasteiger partial charge in [-0.2, -0.15) is 0 Å². The highest BCUT2D eigenvalue weighted by Crippen LogP contribution is 2.25. The first-order valence-corrected chi connectivity index (χ1v) is 7.67. The number of phenolic OH excluding ortho intramolecular Hbond substituents is 1. The predicted molar refractivity (Wildman–Crippen MR) is 87.0 cm³/mol. The van der Waals surface area contributed by atoms with Gasteiger partial charge >= 0.3 is 0 Å². The Bertz CT molecular complexity index is 680. The minimum atomic E-state index is -0.325. The lowest BCUT2D eigenvalue weighted by Gasteiger charge is -2.14. The van der Waals surface area contributed by atoms with Crippen molar-refractivity contribution in [2.45, 2.75) is 18.9 Å². The van der Waals surface area contributed by atoms with Gasteiger partial charge < -0.3 is 19.9 Å². The molecule has 1 atom stereocenters. The van der Waals surface area contributed by atoms with Gasteiger partial charge in [0.15, 0.2) is 0 Å². The Morgan fingerprint density at radius 2 is 2.00 bits per heavy atom. The fourth-order valence-corrected chi connectivity index (χ4v) is 2.51. The molecule has 1 saturated heterocycles. The lowest BCUT2D eigenvalue weighted by Crippen LogP contribution is -2.19. The van der Waals surface area contributed by atoms with Crippen LogP contribution in [0.3, 0.4) is 0 Å². The molecule has 1 amide bonds. The van der Waals surface area contributed by atoms with E-state index in [2.05, 4.69) is 5.32 Å². The van der Waals surface area contributed by atoms with Gasteiger partial charge in [-0.25, -0.2) is 0 Å². The van der Waals surface area contributed by atoms with Crippen LogP contribution < -0.4 is 10.1 Å². The summed E-state index contributed by atoms with van der Waals surface area (Å²) in [6.07, 6.45) is 2.11. The van der Waals surface area contributed by atoms with Gasteiger partial charge in [-0.3, -0.25) is 4.79 Å². The van der Waals surface area contributed by atoms with E-state index in [4.69, 9.17) is 9.47 Å². The minimum absolute atomic E-state index is 0.0265. The summed E-state index contributed by atoms with van der Waals surface area (Å²) in [5, 5.41) is 12.5. The third-order valence-corrected chi connectivity index (χ3v) is 3.73. The highest BCUT2D eigenvalue weighted by molar-refractivity contribution is 6.06. The van der Waals surface area contributed by atoms with Gasteiger partial charge in [0, 0.05) is 6.61 Å². The summed E-state index contributed by atoms with van der Waals surface area (Å²) in [7, 11) is 0. The van der Waals surface area contributed by atoms with E-state index in [9.17, 15) is 9.90 Å². The largest absolute Gasteiger partial charge is 0.506 e. The fourth-order valence-electron chi connectivity index (χ4n) is 2.51. The van der Waals surface area contributed by atoms with E-state index in [-0.39, 0.29) is 17.8 Å². The summed E-state index contributed by atoms with van der Waals surface area (Å²) < 4.78 is 11.3. The second-order valence-corrected chi connectivity index (χ2v) is 5.41. The summed E-state index contributed by atoms with van der Waals surface area (Å²) in [4.78, 5) is 12.4. The fraction of sp³-hybridized carbons (Fsp3) is 0.278. The highest BCUT2D eigenvalue weighted by Gasteiger charge is 2.18. The Hall–Kier alpha value is -2.53. The van der Waals surface area contributed by atoms with Crippen molar-refractivity contribution in [2.75, 3.05) is 18.5 Å². The number of ether oxygens (including phenoxy) is 2. The lowest BCUT2D eigenvalue weighted by molar-refractivity contribution is 0.0673. The second kappa shape index (κ2) is 7.15. The molecule has 0 spiro atoms. The predicted octanol–water partition coefficient (Wildman–Crippen LogP) is 3.20. The second-order valence-electron chi connectivity index (χ2n) is 5.41. The van der Waals surface area contributed by atoms with Gasteiger partial charge in [-0.15, -0.1) is 0 Å². The number of hydrogen-bond donors (Lipinski definition) is 2. The number of para-hydroxylation sites is 3. The monoisotopic (exact) mass is 313 g/mol. The van der Waals surface area contributed by atoms with E-state index < -0.39 is 0 Å². The summed E-state index contributed by atoms with van der Waals surface area (Å²) >= 11 is 0. The standard InChI is InChI=1S/C18H19NO4/c20-16-9-3-2-8-15(16)19-18(21)14-7-1-4-10-17(14)23-12-13-6-5-11-22-13/h1-4,7-10,13,20H,5-6,11-12H2,(H,19,21). The van der Waals surface area contributed by atoms with Crippen molar-refractivity contribution in [1.82, 2.24) is 0 Å². The molecule has 120 valence electrons. The molecule has 0 aromatic heterocycles. The number of benzene rings is 2. The molecule has 2 N–H and O–H groups in total. The first-order valence-electron chi connectivity index (χ1n) is 7.67. The Morgan fingerprint density at radius 1 is 1.22 bits per heavy atom. The van der Waals surface area contributed by atoms with Gasteiger partial charge in [-0.05, 0) is 37.1 Å². The van der Waals surface area contributed by atoms with Crippen molar-refractivity contribution >= 4 is 11.6 Å². The number of phenols is 1. The topological polar surface area (TPSA) is 67.8 Å². The minimum Gasteiger partial charge on any atom is -0.506 e. The van der Waals surface area contributed by atoms with Gasteiger partial charge in [0.1, 0.15) is 18.1 Å². The Kier molecular flexibility index (Phi) is 4.78. The van der Waals surface area contributed by atoms with Crippen molar-refractivity contribution < 1.29 is 19.4 Å². The number of rotatable bonds is 5. The zero-order valence-electron chi connectivity index (χ0n) is 12.7. The quantitative estimate of drug-likeness (QED) is 0.832. The van der Waals surface area contributed by atoms with Crippen LogP contribution in [0.1, 0.15) is 23.2 Å². The Balaban J connectivity index is 1.71. The zero-order valence-corrected chi connectivity index (χ0v) is 12.7. The number of amides is 1. The molecule has 1 fully saturated rings. The first-order chi connectivity index (χ1) is 11.2. The van der Waals surface area contributed by atoms with Crippen molar-refractivity contribution in [2.24, 2.45) is 0 Å². The van der Waals surface area contributed by atoms with Crippen LogP contribution in [0.5, 0.6) is 11.5 Å². The Morgan fingerprint density at radius 3 is 2.78 bits per heavy atom. The van der Waals surface area contributed by atoms with Crippen LogP contribution in [0.15, 0.2) is 48.5 Å². The first kappa shape index (κ1) is 15.4. The van der Waals surface area contributed by atoms with Crippen molar-refractivity contribution in [3.05, 3.63) is 54.1 Å². The van der Waals surface area contributed by atoms with Crippen LogP contribution in [0.4, 0.5) is 5.69 Å². The normalized spacial score (nSPS) is 17.0. The van der Waals surface area contributed by atoms with Crippen molar-refractivity contribution in [3.63, 3.8) is 0 Å². The SMILES string of the molecule is O=C(Nc1ccccc1O)c1ccccc1OCC1CCCO1. The van der Waals surface area contributed by atoms with Crippen LogP contribution in [-0.2, 0) is 4.74 Å². The molecule has 5 nitrogen and oxygen atoms in total. The third-order valence-electron chi connectivity index (χ3n) is 3.73. The average Bonchev–Trinajstić information content (AvgIpc) is 3.09. The zero-order chi connectivity index (χ0) is 16.1. The van der Waals surface area contributed by atoms with Crippen LogP contribution in [0.2, 0.25) is 0 Å². The van der Waals surface area contributed by atoms with E-state index >= 15 is 0 Å². The molecule has 2 aromatic carbocycles. The number of carbonyl (C=O) groups is 1. The summed E-state index contributed by atoms with van der Waals surface area (Å²) in [5.74, 6) is 0.212.